The third-order valence-electron chi connectivity index (χ3n) is 6.76. The molecule has 0 saturated carbocycles. The van der Waals surface area contributed by atoms with Crippen molar-refractivity contribution in [1.29, 1.82) is 0 Å². The van der Waals surface area contributed by atoms with Crippen LogP contribution in [0.4, 0.5) is 0 Å². The molecule has 0 N–H and O–H groups in total. The quantitative estimate of drug-likeness (QED) is 0.208. The van der Waals surface area contributed by atoms with Crippen molar-refractivity contribution in [3.63, 3.8) is 0 Å². The molecule has 1 atom stereocenters. The molecule has 0 aliphatic carbocycles. The summed E-state index contributed by atoms with van der Waals surface area (Å²) in [6.45, 7) is 7.34. The Labute approximate surface area is 237 Å². The molecule has 0 fully saturated rings. The fraction of sp³-hybridized carbons (Fsp3) is 0.290. The summed E-state index contributed by atoms with van der Waals surface area (Å²) < 4.78 is 18.0. The molecule has 2 heterocycles. The predicted molar refractivity (Wildman–Crippen MR) is 153 cm³/mol. The molecule has 5 rings (SSSR count). The van der Waals surface area contributed by atoms with E-state index in [-0.39, 0.29) is 29.2 Å². The van der Waals surface area contributed by atoms with Crippen molar-refractivity contribution in [1.82, 2.24) is 4.90 Å². The number of hydrogen-bond donors (Lipinski definition) is 0. The molecule has 1 aliphatic heterocycles. The number of benzene rings is 3. The van der Waals surface area contributed by atoms with Crippen LogP contribution in [0, 0.1) is 5.92 Å². The minimum atomic E-state index is -0.729. The zero-order chi connectivity index (χ0) is 27.7. The van der Waals surface area contributed by atoms with E-state index in [1.54, 1.807) is 29.2 Å². The van der Waals surface area contributed by atoms with Gasteiger partial charge in [0, 0.05) is 16.6 Å². The SMILES string of the molecule is CCOc1cc(C2c3c(oc4ccc(Cl)cc4c3=O)C(=O)N2Cc2ccccc2Cl)ccc1OCCC(C)C. The van der Waals surface area contributed by atoms with Crippen LogP contribution in [0.5, 0.6) is 11.5 Å². The molecule has 1 aromatic heterocycles. The van der Waals surface area contributed by atoms with Gasteiger partial charge in [0.2, 0.25) is 5.76 Å². The molecule has 39 heavy (non-hydrogen) atoms. The smallest absolute Gasteiger partial charge is 0.291 e. The Morgan fingerprint density at radius 1 is 0.974 bits per heavy atom. The standard InChI is InChI=1S/C31H29Cl2NO5/c1-4-37-26-15-19(9-11-25(26)38-14-13-18(2)3)28-27-29(35)22-16-21(32)10-12-24(22)39-30(27)31(36)34(28)17-20-7-5-6-8-23(20)33/h5-12,15-16,18,28H,4,13-14,17H2,1-3H3. The maximum atomic E-state index is 13.9. The summed E-state index contributed by atoms with van der Waals surface area (Å²) in [6.07, 6.45) is 0.903. The van der Waals surface area contributed by atoms with E-state index in [9.17, 15) is 9.59 Å². The molecule has 8 heteroatoms. The molecule has 3 aromatic carbocycles. The average Bonchev–Trinajstić information content (AvgIpc) is 3.18. The van der Waals surface area contributed by atoms with Crippen molar-refractivity contribution < 1.29 is 18.7 Å². The number of amides is 1. The van der Waals surface area contributed by atoms with Crippen LogP contribution in [0.3, 0.4) is 0 Å². The second kappa shape index (κ2) is 11.3. The van der Waals surface area contributed by atoms with Crippen molar-refractivity contribution in [2.24, 2.45) is 5.92 Å². The first-order chi connectivity index (χ1) is 18.8. The lowest BCUT2D eigenvalue weighted by Crippen LogP contribution is -2.29. The largest absolute Gasteiger partial charge is 0.490 e. The van der Waals surface area contributed by atoms with Gasteiger partial charge in [-0.3, -0.25) is 9.59 Å². The summed E-state index contributed by atoms with van der Waals surface area (Å²) >= 11 is 12.7. The monoisotopic (exact) mass is 565 g/mol. The Morgan fingerprint density at radius 3 is 2.51 bits per heavy atom. The van der Waals surface area contributed by atoms with E-state index in [1.165, 1.54) is 0 Å². The third-order valence-corrected chi connectivity index (χ3v) is 7.37. The van der Waals surface area contributed by atoms with Gasteiger partial charge in [0.25, 0.3) is 5.91 Å². The van der Waals surface area contributed by atoms with E-state index in [0.29, 0.717) is 57.2 Å². The van der Waals surface area contributed by atoms with Gasteiger partial charge in [0.05, 0.1) is 30.2 Å². The minimum Gasteiger partial charge on any atom is -0.490 e. The average molecular weight is 566 g/mol. The molecule has 1 aliphatic rings. The van der Waals surface area contributed by atoms with Crippen LogP contribution < -0.4 is 14.9 Å². The van der Waals surface area contributed by atoms with Crippen molar-refractivity contribution in [3.05, 3.63) is 103 Å². The van der Waals surface area contributed by atoms with E-state index in [0.717, 1.165) is 12.0 Å². The number of carbonyl (C=O) groups is 1. The first kappa shape index (κ1) is 27.1. The number of halogens is 2. The zero-order valence-electron chi connectivity index (χ0n) is 22.0. The first-order valence-electron chi connectivity index (χ1n) is 13.0. The minimum absolute atomic E-state index is 0.0158. The highest BCUT2D eigenvalue weighted by Crippen LogP contribution is 2.42. The normalized spacial score (nSPS) is 14.8. The fourth-order valence-electron chi connectivity index (χ4n) is 4.80. The Kier molecular flexibility index (Phi) is 7.87. The van der Waals surface area contributed by atoms with Gasteiger partial charge in [-0.05, 0) is 66.8 Å². The number of rotatable bonds is 9. The van der Waals surface area contributed by atoms with Gasteiger partial charge in [-0.25, -0.2) is 0 Å². The molecule has 1 amide bonds. The maximum Gasteiger partial charge on any atom is 0.291 e. The van der Waals surface area contributed by atoms with Gasteiger partial charge in [0.1, 0.15) is 5.58 Å². The van der Waals surface area contributed by atoms with Gasteiger partial charge in [-0.1, -0.05) is 61.3 Å². The second-order valence-corrected chi connectivity index (χ2v) is 10.8. The zero-order valence-corrected chi connectivity index (χ0v) is 23.5. The third kappa shape index (κ3) is 5.36. The summed E-state index contributed by atoms with van der Waals surface area (Å²) in [5.74, 6) is 1.29. The lowest BCUT2D eigenvalue weighted by Gasteiger charge is -2.26. The van der Waals surface area contributed by atoms with Gasteiger partial charge in [0.15, 0.2) is 16.9 Å². The lowest BCUT2D eigenvalue weighted by atomic mass is 9.97. The van der Waals surface area contributed by atoms with Gasteiger partial charge in [-0.15, -0.1) is 0 Å². The van der Waals surface area contributed by atoms with Gasteiger partial charge >= 0.3 is 0 Å². The molecule has 0 bridgehead atoms. The van der Waals surface area contributed by atoms with Gasteiger partial charge < -0.3 is 18.8 Å². The summed E-state index contributed by atoms with van der Waals surface area (Å²) in [7, 11) is 0. The number of ether oxygens (including phenoxy) is 2. The number of hydrogen-bond acceptors (Lipinski definition) is 5. The summed E-state index contributed by atoms with van der Waals surface area (Å²) in [5, 5.41) is 1.25. The Bertz CT molecular complexity index is 1600. The van der Waals surface area contributed by atoms with Crippen molar-refractivity contribution >= 4 is 40.1 Å². The Hall–Kier alpha value is -3.48. The predicted octanol–water partition coefficient (Wildman–Crippen LogP) is 7.67. The lowest BCUT2D eigenvalue weighted by molar-refractivity contribution is 0.0714. The van der Waals surface area contributed by atoms with E-state index < -0.39 is 6.04 Å². The molecule has 0 radical (unpaired) electrons. The summed E-state index contributed by atoms with van der Waals surface area (Å²) in [5.41, 5.74) is 1.71. The highest BCUT2D eigenvalue weighted by Gasteiger charge is 2.43. The van der Waals surface area contributed by atoms with E-state index in [2.05, 4.69) is 13.8 Å². The van der Waals surface area contributed by atoms with E-state index >= 15 is 0 Å². The Morgan fingerprint density at radius 2 is 1.77 bits per heavy atom. The summed E-state index contributed by atoms with van der Waals surface area (Å²) in [6, 6.07) is 16.9. The van der Waals surface area contributed by atoms with Crippen molar-refractivity contribution in [3.8, 4) is 11.5 Å². The Balaban J connectivity index is 1.65. The van der Waals surface area contributed by atoms with Crippen LogP contribution >= 0.6 is 23.2 Å². The van der Waals surface area contributed by atoms with Crippen LogP contribution in [0.15, 0.2) is 69.9 Å². The molecule has 4 aromatic rings. The topological polar surface area (TPSA) is 69.0 Å². The number of nitrogens with zero attached hydrogens (tertiary/aromatic N) is 1. The second-order valence-electron chi connectivity index (χ2n) is 9.91. The van der Waals surface area contributed by atoms with Crippen LogP contribution in [-0.2, 0) is 6.54 Å². The van der Waals surface area contributed by atoms with Gasteiger partial charge in [-0.2, -0.15) is 0 Å². The van der Waals surface area contributed by atoms with E-state index in [4.69, 9.17) is 37.1 Å². The molecule has 0 spiro atoms. The maximum absolute atomic E-state index is 13.9. The summed E-state index contributed by atoms with van der Waals surface area (Å²) in [4.78, 5) is 29.3. The highest BCUT2D eigenvalue weighted by molar-refractivity contribution is 6.31. The van der Waals surface area contributed by atoms with E-state index in [1.807, 2.05) is 43.3 Å². The van der Waals surface area contributed by atoms with Crippen LogP contribution in [0.2, 0.25) is 10.0 Å². The molecule has 0 saturated heterocycles. The fourth-order valence-corrected chi connectivity index (χ4v) is 5.17. The van der Waals surface area contributed by atoms with Crippen LogP contribution in [0.25, 0.3) is 11.0 Å². The molecular weight excluding hydrogens is 537 g/mol. The van der Waals surface area contributed by atoms with Crippen molar-refractivity contribution in [2.75, 3.05) is 13.2 Å². The number of fused-ring (bicyclic) bond motifs is 2. The molecule has 202 valence electrons. The number of carbonyl (C=O) groups excluding carboxylic acids is 1. The highest BCUT2D eigenvalue weighted by atomic mass is 35.5. The first-order valence-corrected chi connectivity index (χ1v) is 13.7. The molecule has 6 nitrogen and oxygen atoms in total. The van der Waals surface area contributed by atoms with Crippen LogP contribution in [-0.4, -0.2) is 24.0 Å². The van der Waals surface area contributed by atoms with Crippen LogP contribution in [0.1, 0.15) is 60.5 Å². The van der Waals surface area contributed by atoms with Crippen molar-refractivity contribution in [2.45, 2.75) is 39.8 Å². The molecule has 1 unspecified atom stereocenters. The molecular formula is C31H29Cl2NO5.